The number of para-hydroxylation sites is 1. The monoisotopic (exact) mass is 258 g/mol. The molecule has 4 heteroatoms. The second kappa shape index (κ2) is 4.68. The second-order valence-electron chi connectivity index (χ2n) is 5.57. The Morgan fingerprint density at radius 3 is 2.53 bits per heavy atom. The van der Waals surface area contributed by atoms with Crippen LogP contribution < -0.4 is 5.32 Å². The average Bonchev–Trinajstić information content (AvgIpc) is 2.37. The molecule has 0 spiro atoms. The predicted molar refractivity (Wildman–Crippen MR) is 72.7 cm³/mol. The van der Waals surface area contributed by atoms with Crippen LogP contribution in [0.5, 0.6) is 0 Å². The summed E-state index contributed by atoms with van der Waals surface area (Å²) in [5, 5.41) is 3.32. The van der Waals surface area contributed by atoms with Gasteiger partial charge in [0, 0.05) is 25.1 Å². The van der Waals surface area contributed by atoms with Crippen LogP contribution in [-0.4, -0.2) is 29.3 Å². The topological polar surface area (TPSA) is 49.4 Å². The first-order chi connectivity index (χ1) is 9.15. The number of nitrogens with one attached hydrogen (secondary N) is 1. The summed E-state index contributed by atoms with van der Waals surface area (Å²) >= 11 is 0. The SMILES string of the molecule is CC1CC(=O)N(C2CNc3ccccc3C2)C(=O)C1. The molecule has 1 saturated heterocycles. The number of carbonyl (C=O) groups excluding carboxylic acids is 2. The summed E-state index contributed by atoms with van der Waals surface area (Å²) in [4.78, 5) is 25.7. The van der Waals surface area contributed by atoms with E-state index in [0.29, 0.717) is 19.4 Å². The summed E-state index contributed by atoms with van der Waals surface area (Å²) in [5.41, 5.74) is 2.29. The van der Waals surface area contributed by atoms with Crippen molar-refractivity contribution in [2.24, 2.45) is 5.92 Å². The zero-order valence-corrected chi connectivity index (χ0v) is 11.1. The van der Waals surface area contributed by atoms with Gasteiger partial charge in [0.05, 0.1) is 6.04 Å². The van der Waals surface area contributed by atoms with Gasteiger partial charge in [0.15, 0.2) is 0 Å². The van der Waals surface area contributed by atoms with Crippen molar-refractivity contribution >= 4 is 17.5 Å². The highest BCUT2D eigenvalue weighted by Crippen LogP contribution is 2.27. The van der Waals surface area contributed by atoms with E-state index in [1.807, 2.05) is 25.1 Å². The van der Waals surface area contributed by atoms with E-state index in [1.54, 1.807) is 0 Å². The number of fused-ring (bicyclic) bond motifs is 1. The maximum Gasteiger partial charge on any atom is 0.229 e. The van der Waals surface area contributed by atoms with Crippen LogP contribution in [0.1, 0.15) is 25.3 Å². The second-order valence-corrected chi connectivity index (χ2v) is 5.57. The molecule has 0 radical (unpaired) electrons. The fourth-order valence-electron chi connectivity index (χ4n) is 3.02. The van der Waals surface area contributed by atoms with Crippen molar-refractivity contribution in [3.8, 4) is 0 Å². The van der Waals surface area contributed by atoms with E-state index in [2.05, 4.69) is 11.4 Å². The number of imide groups is 1. The zero-order valence-electron chi connectivity index (χ0n) is 11.1. The molecule has 0 saturated carbocycles. The number of nitrogens with zero attached hydrogens (tertiary/aromatic N) is 1. The van der Waals surface area contributed by atoms with Gasteiger partial charge in [-0.05, 0) is 24.0 Å². The lowest BCUT2D eigenvalue weighted by Crippen LogP contribution is -2.53. The molecule has 1 aromatic rings. The van der Waals surface area contributed by atoms with Crippen molar-refractivity contribution in [1.29, 1.82) is 0 Å². The molecular formula is C15H18N2O2. The number of carbonyl (C=O) groups is 2. The van der Waals surface area contributed by atoms with Gasteiger partial charge >= 0.3 is 0 Å². The summed E-state index contributed by atoms with van der Waals surface area (Å²) in [7, 11) is 0. The highest BCUT2D eigenvalue weighted by Gasteiger charge is 2.36. The van der Waals surface area contributed by atoms with Gasteiger partial charge in [0.1, 0.15) is 0 Å². The fourth-order valence-corrected chi connectivity index (χ4v) is 3.02. The predicted octanol–water partition coefficient (Wildman–Crippen LogP) is 1.81. The van der Waals surface area contributed by atoms with Crippen LogP contribution in [0.3, 0.4) is 0 Å². The fraction of sp³-hybridized carbons (Fsp3) is 0.467. The molecule has 0 bridgehead atoms. The lowest BCUT2D eigenvalue weighted by Gasteiger charge is -2.37. The van der Waals surface area contributed by atoms with Crippen LogP contribution in [0.2, 0.25) is 0 Å². The molecule has 2 heterocycles. The van der Waals surface area contributed by atoms with Crippen molar-refractivity contribution < 1.29 is 9.59 Å². The van der Waals surface area contributed by atoms with E-state index < -0.39 is 0 Å². The van der Waals surface area contributed by atoms with Crippen molar-refractivity contribution in [3.63, 3.8) is 0 Å². The molecule has 1 fully saturated rings. The van der Waals surface area contributed by atoms with Crippen molar-refractivity contribution in [1.82, 2.24) is 4.90 Å². The van der Waals surface area contributed by atoms with E-state index in [0.717, 1.165) is 12.1 Å². The third-order valence-corrected chi connectivity index (χ3v) is 3.95. The summed E-state index contributed by atoms with van der Waals surface area (Å²) in [6.07, 6.45) is 1.74. The standard InChI is InChI=1S/C15H18N2O2/c1-10-6-14(18)17(15(19)7-10)12-8-11-4-2-3-5-13(11)16-9-12/h2-5,10,12,16H,6-9H2,1H3. The molecule has 4 nitrogen and oxygen atoms in total. The van der Waals surface area contributed by atoms with Crippen LogP contribution in [0.15, 0.2) is 24.3 Å². The van der Waals surface area contributed by atoms with E-state index in [1.165, 1.54) is 10.5 Å². The van der Waals surface area contributed by atoms with Crippen LogP contribution >= 0.6 is 0 Å². The molecule has 19 heavy (non-hydrogen) atoms. The van der Waals surface area contributed by atoms with Gasteiger partial charge in [-0.15, -0.1) is 0 Å². The molecule has 1 unspecified atom stereocenters. The largest absolute Gasteiger partial charge is 0.383 e. The molecule has 0 aliphatic carbocycles. The number of rotatable bonds is 1. The number of hydrogen-bond acceptors (Lipinski definition) is 3. The van der Waals surface area contributed by atoms with Gasteiger partial charge in [-0.25, -0.2) is 0 Å². The minimum Gasteiger partial charge on any atom is -0.383 e. The van der Waals surface area contributed by atoms with Gasteiger partial charge < -0.3 is 5.32 Å². The third-order valence-electron chi connectivity index (χ3n) is 3.95. The number of likely N-dealkylation sites (tertiary alicyclic amines) is 1. The molecule has 2 amide bonds. The van der Waals surface area contributed by atoms with Crippen molar-refractivity contribution in [3.05, 3.63) is 29.8 Å². The number of hydrogen-bond donors (Lipinski definition) is 1. The first-order valence-electron chi connectivity index (χ1n) is 6.82. The number of piperidine rings is 1. The van der Waals surface area contributed by atoms with Crippen LogP contribution in [-0.2, 0) is 16.0 Å². The Labute approximate surface area is 112 Å². The Morgan fingerprint density at radius 1 is 1.11 bits per heavy atom. The van der Waals surface area contributed by atoms with Gasteiger partial charge in [-0.1, -0.05) is 25.1 Å². The Kier molecular flexibility index (Phi) is 3.01. The Hall–Kier alpha value is -1.84. The maximum atomic E-state index is 12.1. The smallest absolute Gasteiger partial charge is 0.229 e. The van der Waals surface area contributed by atoms with Crippen LogP contribution in [0, 0.1) is 5.92 Å². The summed E-state index contributed by atoms with van der Waals surface area (Å²) in [6, 6.07) is 8.03. The molecule has 3 rings (SSSR count). The van der Waals surface area contributed by atoms with Gasteiger partial charge in [-0.3, -0.25) is 14.5 Å². The quantitative estimate of drug-likeness (QED) is 0.782. The zero-order chi connectivity index (χ0) is 13.4. The molecule has 2 aliphatic rings. The van der Waals surface area contributed by atoms with Crippen LogP contribution in [0.4, 0.5) is 5.69 Å². The molecule has 100 valence electrons. The molecule has 1 atom stereocenters. The normalized spacial score (nSPS) is 24.1. The Morgan fingerprint density at radius 2 is 1.79 bits per heavy atom. The Bertz CT molecular complexity index is 509. The molecular weight excluding hydrogens is 240 g/mol. The highest BCUT2D eigenvalue weighted by molar-refractivity contribution is 5.98. The lowest BCUT2D eigenvalue weighted by atomic mass is 9.93. The number of anilines is 1. The molecule has 1 aromatic carbocycles. The summed E-state index contributed by atoms with van der Waals surface area (Å²) in [5.74, 6) is 0.143. The maximum absolute atomic E-state index is 12.1. The number of benzene rings is 1. The van der Waals surface area contributed by atoms with E-state index in [9.17, 15) is 9.59 Å². The van der Waals surface area contributed by atoms with Gasteiger partial charge in [-0.2, -0.15) is 0 Å². The minimum atomic E-state index is -0.0394. The minimum absolute atomic E-state index is 0.0186. The molecule has 1 N–H and O–H groups in total. The first kappa shape index (κ1) is 12.2. The first-order valence-corrected chi connectivity index (χ1v) is 6.82. The summed E-state index contributed by atoms with van der Waals surface area (Å²) in [6.45, 7) is 2.62. The van der Waals surface area contributed by atoms with Gasteiger partial charge in [0.25, 0.3) is 0 Å². The highest BCUT2D eigenvalue weighted by atomic mass is 16.2. The van der Waals surface area contributed by atoms with Crippen molar-refractivity contribution in [2.45, 2.75) is 32.2 Å². The van der Waals surface area contributed by atoms with E-state index in [4.69, 9.17) is 0 Å². The van der Waals surface area contributed by atoms with E-state index >= 15 is 0 Å². The molecule has 2 aliphatic heterocycles. The van der Waals surface area contributed by atoms with Crippen molar-refractivity contribution in [2.75, 3.05) is 11.9 Å². The van der Waals surface area contributed by atoms with Crippen LogP contribution in [0.25, 0.3) is 0 Å². The molecule has 0 aromatic heterocycles. The average molecular weight is 258 g/mol. The van der Waals surface area contributed by atoms with E-state index in [-0.39, 0.29) is 23.8 Å². The number of amides is 2. The Balaban J connectivity index is 1.81. The van der Waals surface area contributed by atoms with Gasteiger partial charge in [0.2, 0.25) is 11.8 Å². The summed E-state index contributed by atoms with van der Waals surface area (Å²) < 4.78 is 0. The lowest BCUT2D eigenvalue weighted by molar-refractivity contribution is -0.152. The third kappa shape index (κ3) is 2.23.